The lowest BCUT2D eigenvalue weighted by molar-refractivity contribution is 0.0913. The van der Waals surface area contributed by atoms with Crippen LogP contribution >= 0.6 is 0 Å². The molecule has 2 N–H and O–H groups in total. The number of methoxy groups -OCH3 is 1. The van der Waals surface area contributed by atoms with Gasteiger partial charge < -0.3 is 15.4 Å². The van der Waals surface area contributed by atoms with E-state index < -0.39 is 0 Å². The summed E-state index contributed by atoms with van der Waals surface area (Å²) in [6, 6.07) is 14.9. The molecule has 1 heterocycles. The number of ether oxygens (including phenoxy) is 1. The van der Waals surface area contributed by atoms with Gasteiger partial charge in [-0.1, -0.05) is 12.1 Å². The molecule has 0 bridgehead atoms. The first kappa shape index (κ1) is 22.8. The van der Waals surface area contributed by atoms with Crippen molar-refractivity contribution in [1.82, 2.24) is 15.5 Å². The molecular formula is C25H33N3O3. The number of hydrogen-bond acceptors (Lipinski definition) is 4. The molecule has 6 heteroatoms. The first-order valence-corrected chi connectivity index (χ1v) is 10.9. The second-order valence-electron chi connectivity index (χ2n) is 9.03. The molecule has 1 atom stereocenters. The summed E-state index contributed by atoms with van der Waals surface area (Å²) in [6.45, 7) is 8.37. The molecule has 2 aromatic rings. The Balaban J connectivity index is 1.67. The molecule has 6 nitrogen and oxygen atoms in total. The third-order valence-electron chi connectivity index (χ3n) is 5.41. The molecule has 31 heavy (non-hydrogen) atoms. The van der Waals surface area contributed by atoms with Crippen molar-refractivity contribution >= 4 is 11.8 Å². The highest BCUT2D eigenvalue weighted by Gasteiger charge is 2.24. The predicted molar refractivity (Wildman–Crippen MR) is 123 cm³/mol. The zero-order valence-electron chi connectivity index (χ0n) is 18.9. The molecule has 1 aliphatic heterocycles. The van der Waals surface area contributed by atoms with Crippen LogP contribution in [-0.4, -0.2) is 49.0 Å². The molecule has 1 aliphatic rings. The molecule has 0 spiro atoms. The molecule has 1 saturated heterocycles. The summed E-state index contributed by atoms with van der Waals surface area (Å²) in [6.07, 6.45) is 2.35. The van der Waals surface area contributed by atoms with E-state index in [1.54, 1.807) is 31.4 Å². The van der Waals surface area contributed by atoms with Crippen LogP contribution in [-0.2, 0) is 0 Å². The lowest BCUT2D eigenvalue weighted by atomic mass is 10.0. The Hall–Kier alpha value is -2.86. The van der Waals surface area contributed by atoms with Crippen LogP contribution in [0.5, 0.6) is 5.75 Å². The molecule has 1 unspecified atom stereocenters. The highest BCUT2D eigenvalue weighted by molar-refractivity contribution is 5.98. The first-order valence-electron chi connectivity index (χ1n) is 10.9. The van der Waals surface area contributed by atoms with Crippen molar-refractivity contribution in [2.24, 2.45) is 0 Å². The van der Waals surface area contributed by atoms with Gasteiger partial charge in [0.15, 0.2) is 0 Å². The van der Waals surface area contributed by atoms with Gasteiger partial charge in [-0.05, 0) is 88.7 Å². The summed E-state index contributed by atoms with van der Waals surface area (Å²) in [5.41, 5.74) is 1.91. The lowest BCUT2D eigenvalue weighted by Gasteiger charge is -2.28. The average Bonchev–Trinajstić information content (AvgIpc) is 3.27. The Morgan fingerprint density at radius 1 is 1.00 bits per heavy atom. The number of carbonyl (C=O) groups is 2. The fraction of sp³-hybridized carbons (Fsp3) is 0.440. The van der Waals surface area contributed by atoms with Crippen molar-refractivity contribution in [2.45, 2.75) is 45.2 Å². The van der Waals surface area contributed by atoms with Crippen molar-refractivity contribution in [2.75, 3.05) is 26.7 Å². The highest BCUT2D eigenvalue weighted by Crippen LogP contribution is 2.27. The minimum Gasteiger partial charge on any atom is -0.497 e. The van der Waals surface area contributed by atoms with Gasteiger partial charge in [-0.15, -0.1) is 0 Å². The second kappa shape index (κ2) is 9.96. The fourth-order valence-electron chi connectivity index (χ4n) is 3.84. The summed E-state index contributed by atoms with van der Waals surface area (Å²) in [5.74, 6) is 0.526. The van der Waals surface area contributed by atoms with Gasteiger partial charge >= 0.3 is 0 Å². The number of benzene rings is 2. The van der Waals surface area contributed by atoms with Crippen LogP contribution in [0.15, 0.2) is 48.5 Å². The maximum Gasteiger partial charge on any atom is 0.251 e. The van der Waals surface area contributed by atoms with Crippen LogP contribution in [0.1, 0.15) is 65.9 Å². The molecule has 0 aromatic heterocycles. The van der Waals surface area contributed by atoms with Gasteiger partial charge in [-0.3, -0.25) is 14.5 Å². The lowest BCUT2D eigenvalue weighted by Crippen LogP contribution is -2.40. The minimum absolute atomic E-state index is 0.0957. The van der Waals surface area contributed by atoms with Gasteiger partial charge in [0.2, 0.25) is 0 Å². The summed E-state index contributed by atoms with van der Waals surface area (Å²) in [4.78, 5) is 27.5. The molecule has 166 valence electrons. The van der Waals surface area contributed by atoms with E-state index >= 15 is 0 Å². The van der Waals surface area contributed by atoms with Crippen molar-refractivity contribution in [3.63, 3.8) is 0 Å². The van der Waals surface area contributed by atoms with Crippen LogP contribution in [0.3, 0.4) is 0 Å². The van der Waals surface area contributed by atoms with E-state index in [0.29, 0.717) is 17.7 Å². The quantitative estimate of drug-likeness (QED) is 0.711. The summed E-state index contributed by atoms with van der Waals surface area (Å²) in [7, 11) is 1.66. The smallest absolute Gasteiger partial charge is 0.251 e. The Morgan fingerprint density at radius 2 is 1.61 bits per heavy atom. The Labute approximate surface area is 185 Å². The summed E-state index contributed by atoms with van der Waals surface area (Å²) < 4.78 is 5.38. The maximum absolute atomic E-state index is 12.8. The number of carbonyl (C=O) groups excluding carboxylic acids is 2. The Kier molecular flexibility index (Phi) is 7.33. The fourth-order valence-corrected chi connectivity index (χ4v) is 3.84. The highest BCUT2D eigenvalue weighted by atomic mass is 16.5. The number of likely N-dealkylation sites (tertiary alicyclic amines) is 1. The van der Waals surface area contributed by atoms with Crippen molar-refractivity contribution in [3.05, 3.63) is 65.2 Å². The van der Waals surface area contributed by atoms with E-state index in [1.165, 1.54) is 12.8 Å². The van der Waals surface area contributed by atoms with Crippen molar-refractivity contribution < 1.29 is 14.3 Å². The molecule has 0 aliphatic carbocycles. The maximum atomic E-state index is 12.8. The Bertz CT molecular complexity index is 897. The standard InChI is InChI=1S/C25H33N3O3/c1-25(2,3)27-24(30)19-12-10-18(11-13-19)23(29)26-17-22(28-14-5-6-15-28)20-8-7-9-21(16-20)31-4/h7-13,16,22H,5-6,14-15,17H2,1-4H3,(H,26,29)(H,27,30). The van der Waals surface area contributed by atoms with E-state index in [9.17, 15) is 9.59 Å². The molecule has 2 aromatic carbocycles. The monoisotopic (exact) mass is 423 g/mol. The predicted octanol–water partition coefficient (Wildman–Crippen LogP) is 3.79. The molecule has 0 radical (unpaired) electrons. The van der Waals surface area contributed by atoms with E-state index in [-0.39, 0.29) is 23.4 Å². The van der Waals surface area contributed by atoms with E-state index in [0.717, 1.165) is 24.4 Å². The van der Waals surface area contributed by atoms with E-state index in [4.69, 9.17) is 4.74 Å². The number of rotatable bonds is 7. The van der Waals surface area contributed by atoms with E-state index in [2.05, 4.69) is 21.6 Å². The van der Waals surface area contributed by atoms with Crippen LogP contribution in [0.2, 0.25) is 0 Å². The number of nitrogens with one attached hydrogen (secondary N) is 2. The van der Waals surface area contributed by atoms with Gasteiger partial charge in [0.05, 0.1) is 13.2 Å². The van der Waals surface area contributed by atoms with Crippen LogP contribution in [0.4, 0.5) is 0 Å². The van der Waals surface area contributed by atoms with Crippen LogP contribution < -0.4 is 15.4 Å². The van der Waals surface area contributed by atoms with Crippen LogP contribution in [0.25, 0.3) is 0 Å². The normalized spacial score (nSPS) is 15.4. The third kappa shape index (κ3) is 6.31. The number of nitrogens with zero attached hydrogens (tertiary/aromatic N) is 1. The van der Waals surface area contributed by atoms with Crippen LogP contribution in [0, 0.1) is 0 Å². The summed E-state index contributed by atoms with van der Waals surface area (Å²) >= 11 is 0. The van der Waals surface area contributed by atoms with Gasteiger partial charge in [0.25, 0.3) is 11.8 Å². The van der Waals surface area contributed by atoms with Crippen molar-refractivity contribution in [1.29, 1.82) is 0 Å². The van der Waals surface area contributed by atoms with Crippen molar-refractivity contribution in [3.8, 4) is 5.75 Å². The average molecular weight is 424 g/mol. The molecular weight excluding hydrogens is 390 g/mol. The van der Waals surface area contributed by atoms with Gasteiger partial charge in [-0.2, -0.15) is 0 Å². The van der Waals surface area contributed by atoms with Gasteiger partial charge in [0.1, 0.15) is 5.75 Å². The first-order chi connectivity index (χ1) is 14.8. The summed E-state index contributed by atoms with van der Waals surface area (Å²) in [5, 5.41) is 6.00. The third-order valence-corrected chi connectivity index (χ3v) is 5.41. The zero-order valence-corrected chi connectivity index (χ0v) is 18.9. The van der Waals surface area contributed by atoms with Gasteiger partial charge in [-0.25, -0.2) is 0 Å². The van der Waals surface area contributed by atoms with Gasteiger partial charge in [0, 0.05) is 23.2 Å². The second-order valence-corrected chi connectivity index (χ2v) is 9.03. The molecule has 0 saturated carbocycles. The number of amides is 2. The molecule has 1 fully saturated rings. The number of hydrogen-bond donors (Lipinski definition) is 2. The molecule has 3 rings (SSSR count). The SMILES string of the molecule is COc1cccc(C(CNC(=O)c2ccc(C(=O)NC(C)(C)C)cc2)N2CCCC2)c1. The minimum atomic E-state index is -0.308. The Morgan fingerprint density at radius 3 is 2.19 bits per heavy atom. The molecule has 2 amide bonds. The van der Waals surface area contributed by atoms with E-state index in [1.807, 2.05) is 39.0 Å². The largest absolute Gasteiger partial charge is 0.497 e. The topological polar surface area (TPSA) is 70.7 Å². The zero-order chi connectivity index (χ0) is 22.4.